The van der Waals surface area contributed by atoms with Crippen molar-refractivity contribution in [3.63, 3.8) is 0 Å². The zero-order valence-electron chi connectivity index (χ0n) is 13.6. The van der Waals surface area contributed by atoms with E-state index >= 15 is 0 Å². The van der Waals surface area contributed by atoms with E-state index in [1.165, 1.54) is 23.1 Å². The molecule has 6 nitrogen and oxygen atoms in total. The van der Waals surface area contributed by atoms with Crippen molar-refractivity contribution < 1.29 is 14.0 Å². The van der Waals surface area contributed by atoms with Gasteiger partial charge in [-0.15, -0.1) is 11.3 Å². The molecule has 0 spiro atoms. The third-order valence-electron chi connectivity index (χ3n) is 3.28. The zero-order valence-corrected chi connectivity index (χ0v) is 16.0. The number of aromatic nitrogens is 1. The molecule has 3 rings (SSSR count). The van der Waals surface area contributed by atoms with Gasteiger partial charge in [-0.05, 0) is 42.1 Å². The quantitative estimate of drug-likeness (QED) is 0.492. The summed E-state index contributed by atoms with van der Waals surface area (Å²) in [6.45, 7) is 1.81. The maximum Gasteiger partial charge on any atom is 0.305 e. The highest BCUT2D eigenvalue weighted by molar-refractivity contribution is 7.98. The number of carbonyl (C=O) groups excluding carboxylic acids is 2. The molecule has 2 amide bonds. The Kier molecular flexibility index (Phi) is 5.97. The van der Waals surface area contributed by atoms with Crippen LogP contribution >= 0.6 is 34.7 Å². The van der Waals surface area contributed by atoms with Crippen molar-refractivity contribution in [1.29, 1.82) is 0 Å². The number of nitrogens with zero attached hydrogens (tertiary/aromatic N) is 1. The third kappa shape index (κ3) is 4.46. The number of hydrogen-bond donors (Lipinski definition) is 2. The number of thiophene rings is 1. The molecule has 0 aliphatic carbocycles. The average molecular weight is 408 g/mol. The fraction of sp³-hybridized carbons (Fsp3) is 0.118. The number of carbonyl (C=O) groups is 2. The van der Waals surface area contributed by atoms with Crippen LogP contribution in [0.4, 0.5) is 0 Å². The number of thioether (sulfide) groups is 1. The van der Waals surface area contributed by atoms with Crippen LogP contribution in [-0.4, -0.2) is 16.8 Å². The summed E-state index contributed by atoms with van der Waals surface area (Å²) in [7, 11) is 0. The number of hydrazine groups is 1. The molecular formula is C17H14ClN3O3S2. The Morgan fingerprint density at radius 3 is 2.73 bits per heavy atom. The van der Waals surface area contributed by atoms with Crippen LogP contribution in [0.15, 0.2) is 51.4 Å². The summed E-state index contributed by atoms with van der Waals surface area (Å²) >= 11 is 8.75. The van der Waals surface area contributed by atoms with Crippen LogP contribution in [0, 0.1) is 6.92 Å². The number of amides is 2. The largest absolute Gasteiger partial charge is 0.455 e. The van der Waals surface area contributed by atoms with Gasteiger partial charge in [0, 0.05) is 6.20 Å². The molecule has 2 N–H and O–H groups in total. The minimum absolute atomic E-state index is 0.107. The number of furan rings is 1. The molecule has 0 atom stereocenters. The van der Waals surface area contributed by atoms with Crippen LogP contribution in [0.5, 0.6) is 0 Å². The summed E-state index contributed by atoms with van der Waals surface area (Å²) in [5.41, 5.74) is 5.46. The Bertz CT molecular complexity index is 924. The SMILES string of the molecule is Cc1csc(C(=O)NNC(=O)c2ccc(CSc3ccccn3)o2)c1Cl. The second-order valence-electron chi connectivity index (χ2n) is 5.19. The van der Waals surface area contributed by atoms with E-state index in [2.05, 4.69) is 15.8 Å². The maximum absolute atomic E-state index is 12.1. The summed E-state index contributed by atoms with van der Waals surface area (Å²) in [4.78, 5) is 28.7. The van der Waals surface area contributed by atoms with Gasteiger partial charge in [-0.25, -0.2) is 4.98 Å². The first-order chi connectivity index (χ1) is 12.5. The molecule has 0 radical (unpaired) electrons. The van der Waals surface area contributed by atoms with Crippen LogP contribution in [0.3, 0.4) is 0 Å². The third-order valence-corrected chi connectivity index (χ3v) is 5.94. The molecule has 0 fully saturated rings. The van der Waals surface area contributed by atoms with Crippen LogP contribution < -0.4 is 10.9 Å². The van der Waals surface area contributed by atoms with E-state index in [0.29, 0.717) is 21.4 Å². The molecule has 0 aliphatic rings. The summed E-state index contributed by atoms with van der Waals surface area (Å²) in [6.07, 6.45) is 1.72. The molecule has 3 aromatic heterocycles. The summed E-state index contributed by atoms with van der Waals surface area (Å²) in [5, 5.41) is 3.02. The molecule has 0 saturated heterocycles. The standard InChI is InChI=1S/C17H14ClN3O3S2/c1-10-8-26-15(14(10)18)17(23)21-20-16(22)12-6-5-11(24-12)9-25-13-4-2-3-7-19-13/h2-8H,9H2,1H3,(H,20,22)(H,21,23). The Morgan fingerprint density at radius 2 is 2.04 bits per heavy atom. The van der Waals surface area contributed by atoms with Crippen LogP contribution in [0.2, 0.25) is 5.02 Å². The Hall–Kier alpha value is -2.29. The second-order valence-corrected chi connectivity index (χ2v) is 7.45. The summed E-state index contributed by atoms with van der Waals surface area (Å²) < 4.78 is 5.50. The Morgan fingerprint density at radius 1 is 1.23 bits per heavy atom. The van der Waals surface area contributed by atoms with E-state index in [1.54, 1.807) is 23.7 Å². The van der Waals surface area contributed by atoms with E-state index in [9.17, 15) is 9.59 Å². The van der Waals surface area contributed by atoms with Gasteiger partial charge >= 0.3 is 5.91 Å². The van der Waals surface area contributed by atoms with Gasteiger partial charge in [0.25, 0.3) is 5.91 Å². The minimum Gasteiger partial charge on any atom is -0.455 e. The van der Waals surface area contributed by atoms with Gasteiger partial charge in [0.1, 0.15) is 10.6 Å². The van der Waals surface area contributed by atoms with Crippen LogP contribution in [-0.2, 0) is 5.75 Å². The van der Waals surface area contributed by atoms with Gasteiger partial charge in [-0.2, -0.15) is 0 Å². The first-order valence-corrected chi connectivity index (χ1v) is 9.75. The molecule has 0 unspecified atom stereocenters. The predicted octanol–water partition coefficient (Wildman–Crippen LogP) is 4.07. The Balaban J connectivity index is 1.53. The molecule has 0 aliphatic heterocycles. The summed E-state index contributed by atoms with van der Waals surface area (Å²) in [5.74, 6) is 0.265. The van der Waals surface area contributed by atoms with Gasteiger partial charge in [0.15, 0.2) is 5.76 Å². The predicted molar refractivity (Wildman–Crippen MR) is 102 cm³/mol. The van der Waals surface area contributed by atoms with Crippen molar-refractivity contribution >= 4 is 46.5 Å². The number of hydrogen-bond acceptors (Lipinski definition) is 6. The van der Waals surface area contributed by atoms with E-state index < -0.39 is 11.8 Å². The van der Waals surface area contributed by atoms with Gasteiger partial charge in [-0.1, -0.05) is 29.4 Å². The van der Waals surface area contributed by atoms with Crippen molar-refractivity contribution in [3.8, 4) is 0 Å². The molecule has 0 saturated carbocycles. The van der Waals surface area contributed by atoms with E-state index in [1.807, 2.05) is 25.1 Å². The number of nitrogens with one attached hydrogen (secondary N) is 2. The van der Waals surface area contributed by atoms with E-state index in [0.717, 1.165) is 10.6 Å². The second kappa shape index (κ2) is 8.39. The summed E-state index contributed by atoms with van der Waals surface area (Å²) in [6, 6.07) is 8.91. The van der Waals surface area contributed by atoms with Gasteiger partial charge in [0.2, 0.25) is 0 Å². The van der Waals surface area contributed by atoms with Gasteiger partial charge in [-0.3, -0.25) is 20.4 Å². The molecule has 3 aromatic rings. The van der Waals surface area contributed by atoms with Crippen LogP contribution in [0.1, 0.15) is 31.6 Å². The minimum atomic E-state index is -0.545. The van der Waals surface area contributed by atoms with E-state index in [4.69, 9.17) is 16.0 Å². The molecule has 134 valence electrons. The normalized spacial score (nSPS) is 10.5. The lowest BCUT2D eigenvalue weighted by atomic mass is 10.3. The topological polar surface area (TPSA) is 84.2 Å². The highest BCUT2D eigenvalue weighted by Crippen LogP contribution is 2.26. The maximum atomic E-state index is 12.1. The molecular weight excluding hydrogens is 394 g/mol. The smallest absolute Gasteiger partial charge is 0.305 e. The molecule has 26 heavy (non-hydrogen) atoms. The van der Waals surface area contributed by atoms with Crippen molar-refractivity contribution in [2.75, 3.05) is 0 Å². The lowest BCUT2D eigenvalue weighted by Crippen LogP contribution is -2.41. The fourth-order valence-corrected chi connectivity index (χ4v) is 3.90. The Labute approximate surface area is 162 Å². The molecule has 0 bridgehead atoms. The van der Waals surface area contributed by atoms with Crippen molar-refractivity contribution in [1.82, 2.24) is 15.8 Å². The van der Waals surface area contributed by atoms with Crippen molar-refractivity contribution in [2.45, 2.75) is 17.7 Å². The first kappa shape index (κ1) is 18.5. The van der Waals surface area contributed by atoms with Crippen molar-refractivity contribution in [2.24, 2.45) is 0 Å². The molecule has 9 heteroatoms. The average Bonchev–Trinajstić information content (AvgIpc) is 3.26. The lowest BCUT2D eigenvalue weighted by molar-refractivity contribution is 0.0832. The van der Waals surface area contributed by atoms with Gasteiger partial charge in [0.05, 0.1) is 15.8 Å². The molecule has 0 aromatic carbocycles. The number of halogens is 1. The highest BCUT2D eigenvalue weighted by atomic mass is 35.5. The van der Waals surface area contributed by atoms with E-state index in [-0.39, 0.29) is 5.76 Å². The number of rotatable bonds is 5. The van der Waals surface area contributed by atoms with Crippen molar-refractivity contribution in [3.05, 3.63) is 68.9 Å². The highest BCUT2D eigenvalue weighted by Gasteiger charge is 2.17. The van der Waals surface area contributed by atoms with Gasteiger partial charge < -0.3 is 4.42 Å². The fourth-order valence-electron chi connectivity index (χ4n) is 1.97. The number of aryl methyl sites for hydroxylation is 1. The molecule has 3 heterocycles. The number of pyridine rings is 1. The lowest BCUT2D eigenvalue weighted by Gasteiger charge is -2.05. The van der Waals surface area contributed by atoms with Crippen LogP contribution in [0.25, 0.3) is 0 Å². The zero-order chi connectivity index (χ0) is 18.5. The first-order valence-electron chi connectivity index (χ1n) is 7.51. The monoisotopic (exact) mass is 407 g/mol.